The SMILES string of the molecule is O=CCCN1CCC(Oc2ccc(-c3ccc4c(Cl)nccc4c3)cc2)CC1. The Balaban J connectivity index is 1.40. The molecule has 1 aromatic heterocycles. The van der Waals surface area contributed by atoms with E-state index in [4.69, 9.17) is 16.3 Å². The van der Waals surface area contributed by atoms with Crippen molar-refractivity contribution in [2.45, 2.75) is 25.4 Å². The third-order valence-electron chi connectivity index (χ3n) is 5.30. The van der Waals surface area contributed by atoms with E-state index in [2.05, 4.69) is 34.1 Å². The Hall–Kier alpha value is -2.43. The molecule has 2 aromatic carbocycles. The van der Waals surface area contributed by atoms with Gasteiger partial charge in [-0.1, -0.05) is 35.9 Å². The van der Waals surface area contributed by atoms with E-state index in [1.165, 1.54) is 0 Å². The molecule has 5 heteroatoms. The van der Waals surface area contributed by atoms with Gasteiger partial charge in [-0.05, 0) is 53.6 Å². The lowest BCUT2D eigenvalue weighted by Crippen LogP contribution is -2.38. The van der Waals surface area contributed by atoms with Crippen molar-refractivity contribution in [3.63, 3.8) is 0 Å². The van der Waals surface area contributed by atoms with Crippen LogP contribution in [0.4, 0.5) is 0 Å². The highest BCUT2D eigenvalue weighted by Crippen LogP contribution is 2.29. The molecule has 1 aliphatic rings. The van der Waals surface area contributed by atoms with Crippen molar-refractivity contribution >= 4 is 28.7 Å². The van der Waals surface area contributed by atoms with Gasteiger partial charge in [-0.25, -0.2) is 4.98 Å². The molecular formula is C23H23ClN2O2. The van der Waals surface area contributed by atoms with Crippen LogP contribution >= 0.6 is 11.6 Å². The Morgan fingerprint density at radius 3 is 2.57 bits per heavy atom. The van der Waals surface area contributed by atoms with Crippen LogP contribution in [0, 0.1) is 0 Å². The molecule has 0 atom stereocenters. The quantitative estimate of drug-likeness (QED) is 0.436. The zero-order valence-electron chi connectivity index (χ0n) is 15.7. The minimum absolute atomic E-state index is 0.244. The van der Waals surface area contributed by atoms with Crippen LogP contribution < -0.4 is 4.74 Å². The molecule has 0 saturated carbocycles. The van der Waals surface area contributed by atoms with E-state index in [0.717, 1.165) is 66.4 Å². The van der Waals surface area contributed by atoms with Crippen LogP contribution in [0.5, 0.6) is 5.75 Å². The standard InChI is InChI=1S/C23H23ClN2O2/c24-23-22-7-4-18(16-19(22)8-11-25-23)17-2-5-20(6-3-17)28-21-9-13-26(14-10-21)12-1-15-27/h2-8,11,15-16,21H,1,9-10,12-14H2. The number of fused-ring (bicyclic) bond motifs is 1. The first-order valence-corrected chi connectivity index (χ1v) is 10.1. The largest absolute Gasteiger partial charge is 0.490 e. The molecule has 0 radical (unpaired) electrons. The molecule has 4 rings (SSSR count). The normalized spacial score (nSPS) is 15.6. The van der Waals surface area contributed by atoms with Crippen LogP contribution in [0.3, 0.4) is 0 Å². The van der Waals surface area contributed by atoms with Gasteiger partial charge in [0.25, 0.3) is 0 Å². The van der Waals surface area contributed by atoms with Gasteiger partial charge in [0.15, 0.2) is 0 Å². The van der Waals surface area contributed by atoms with Crippen molar-refractivity contribution in [1.82, 2.24) is 9.88 Å². The summed E-state index contributed by atoms with van der Waals surface area (Å²) in [5.74, 6) is 0.906. The monoisotopic (exact) mass is 394 g/mol. The summed E-state index contributed by atoms with van der Waals surface area (Å²) in [6.07, 6.45) is 5.58. The Morgan fingerprint density at radius 1 is 1.07 bits per heavy atom. The first-order valence-electron chi connectivity index (χ1n) is 9.70. The van der Waals surface area contributed by atoms with E-state index in [0.29, 0.717) is 11.6 Å². The van der Waals surface area contributed by atoms with Crippen LogP contribution in [0.25, 0.3) is 21.9 Å². The number of pyridine rings is 1. The average Bonchev–Trinajstić information content (AvgIpc) is 2.74. The molecule has 1 aliphatic heterocycles. The van der Waals surface area contributed by atoms with Crippen LogP contribution in [0.1, 0.15) is 19.3 Å². The van der Waals surface area contributed by atoms with Crippen molar-refractivity contribution in [2.75, 3.05) is 19.6 Å². The highest BCUT2D eigenvalue weighted by atomic mass is 35.5. The van der Waals surface area contributed by atoms with Crippen molar-refractivity contribution in [3.05, 3.63) is 59.9 Å². The number of likely N-dealkylation sites (tertiary alicyclic amines) is 1. The molecule has 0 unspecified atom stereocenters. The minimum Gasteiger partial charge on any atom is -0.490 e. The maximum atomic E-state index is 10.5. The molecule has 3 aromatic rings. The number of carbonyl (C=O) groups excluding carboxylic acids is 1. The molecule has 0 N–H and O–H groups in total. The number of benzene rings is 2. The predicted octanol–water partition coefficient (Wildman–Crippen LogP) is 4.99. The van der Waals surface area contributed by atoms with Crippen LogP contribution in [-0.4, -0.2) is 41.9 Å². The lowest BCUT2D eigenvalue weighted by Gasteiger charge is -2.31. The number of aldehydes is 1. The van der Waals surface area contributed by atoms with Gasteiger partial charge in [0.1, 0.15) is 23.3 Å². The van der Waals surface area contributed by atoms with Gasteiger partial charge in [-0.2, -0.15) is 0 Å². The van der Waals surface area contributed by atoms with Gasteiger partial charge in [-0.15, -0.1) is 0 Å². The van der Waals surface area contributed by atoms with E-state index in [1.54, 1.807) is 6.20 Å². The van der Waals surface area contributed by atoms with E-state index in [1.807, 2.05) is 24.3 Å². The summed E-state index contributed by atoms with van der Waals surface area (Å²) in [5, 5.41) is 2.58. The summed E-state index contributed by atoms with van der Waals surface area (Å²) in [4.78, 5) is 17.0. The number of aromatic nitrogens is 1. The third kappa shape index (κ3) is 4.34. The van der Waals surface area contributed by atoms with Crippen molar-refractivity contribution in [3.8, 4) is 16.9 Å². The summed E-state index contributed by atoms with van der Waals surface area (Å²) in [5.41, 5.74) is 2.29. The van der Waals surface area contributed by atoms with E-state index in [9.17, 15) is 4.79 Å². The Morgan fingerprint density at radius 2 is 1.82 bits per heavy atom. The van der Waals surface area contributed by atoms with Gasteiger partial charge in [0.2, 0.25) is 0 Å². The van der Waals surface area contributed by atoms with Gasteiger partial charge in [0, 0.05) is 37.6 Å². The zero-order chi connectivity index (χ0) is 19.3. The number of nitrogens with zero attached hydrogens (tertiary/aromatic N) is 2. The number of hydrogen-bond acceptors (Lipinski definition) is 4. The molecule has 0 bridgehead atoms. The van der Waals surface area contributed by atoms with E-state index < -0.39 is 0 Å². The highest BCUT2D eigenvalue weighted by molar-refractivity contribution is 6.34. The second-order valence-electron chi connectivity index (χ2n) is 7.18. The maximum absolute atomic E-state index is 10.5. The number of rotatable bonds is 6. The third-order valence-corrected chi connectivity index (χ3v) is 5.61. The summed E-state index contributed by atoms with van der Waals surface area (Å²) in [6, 6.07) is 16.5. The average molecular weight is 395 g/mol. The number of hydrogen-bond donors (Lipinski definition) is 0. The highest BCUT2D eigenvalue weighted by Gasteiger charge is 2.20. The fourth-order valence-corrected chi connectivity index (χ4v) is 3.95. The first-order chi connectivity index (χ1) is 13.7. The molecule has 28 heavy (non-hydrogen) atoms. The maximum Gasteiger partial charge on any atom is 0.136 e. The van der Waals surface area contributed by atoms with Crippen LogP contribution in [0.2, 0.25) is 5.15 Å². The second kappa shape index (κ2) is 8.72. The number of piperidine rings is 1. The second-order valence-corrected chi connectivity index (χ2v) is 7.53. The molecular weight excluding hydrogens is 372 g/mol. The lowest BCUT2D eigenvalue weighted by molar-refractivity contribution is -0.108. The molecule has 1 fully saturated rings. The smallest absolute Gasteiger partial charge is 0.136 e. The Kier molecular flexibility index (Phi) is 5.89. The first kappa shape index (κ1) is 18.9. The van der Waals surface area contributed by atoms with Crippen LogP contribution in [-0.2, 0) is 4.79 Å². The summed E-state index contributed by atoms with van der Waals surface area (Å²) in [6.45, 7) is 2.84. The van der Waals surface area contributed by atoms with Gasteiger partial charge < -0.3 is 14.4 Å². The molecule has 4 nitrogen and oxygen atoms in total. The molecule has 0 aliphatic carbocycles. The van der Waals surface area contributed by atoms with E-state index >= 15 is 0 Å². The fraction of sp³-hybridized carbons (Fsp3) is 0.304. The van der Waals surface area contributed by atoms with Crippen molar-refractivity contribution in [2.24, 2.45) is 0 Å². The molecule has 144 valence electrons. The Bertz CT molecular complexity index is 950. The topological polar surface area (TPSA) is 42.4 Å². The lowest BCUT2D eigenvalue weighted by atomic mass is 10.0. The molecule has 2 heterocycles. The summed E-state index contributed by atoms with van der Waals surface area (Å²) < 4.78 is 6.16. The van der Waals surface area contributed by atoms with Gasteiger partial charge in [-0.3, -0.25) is 0 Å². The fourth-order valence-electron chi connectivity index (χ4n) is 3.73. The minimum atomic E-state index is 0.244. The predicted molar refractivity (Wildman–Crippen MR) is 113 cm³/mol. The van der Waals surface area contributed by atoms with Crippen molar-refractivity contribution in [1.29, 1.82) is 0 Å². The molecule has 0 amide bonds. The van der Waals surface area contributed by atoms with Gasteiger partial charge >= 0.3 is 0 Å². The number of carbonyl (C=O) groups is 1. The summed E-state index contributed by atoms with van der Waals surface area (Å²) >= 11 is 6.16. The summed E-state index contributed by atoms with van der Waals surface area (Å²) in [7, 11) is 0. The van der Waals surface area contributed by atoms with Crippen LogP contribution in [0.15, 0.2) is 54.7 Å². The van der Waals surface area contributed by atoms with Crippen molar-refractivity contribution < 1.29 is 9.53 Å². The van der Waals surface area contributed by atoms with Gasteiger partial charge in [0.05, 0.1) is 0 Å². The molecule has 0 spiro atoms. The molecule has 1 saturated heterocycles. The number of ether oxygens (including phenoxy) is 1. The van der Waals surface area contributed by atoms with E-state index in [-0.39, 0.29) is 6.10 Å². The zero-order valence-corrected chi connectivity index (χ0v) is 16.4. The Labute approximate surface area is 170 Å². The number of halogens is 1.